The van der Waals surface area contributed by atoms with Crippen molar-refractivity contribution in [3.63, 3.8) is 0 Å². The fourth-order valence-electron chi connectivity index (χ4n) is 2.40. The molecule has 1 atom stereocenters. The van der Waals surface area contributed by atoms with Crippen molar-refractivity contribution in [2.75, 3.05) is 6.61 Å². The van der Waals surface area contributed by atoms with Crippen LogP contribution in [-0.2, 0) is 16.0 Å². The quantitative estimate of drug-likeness (QED) is 0.809. The van der Waals surface area contributed by atoms with Crippen molar-refractivity contribution in [2.45, 2.75) is 26.3 Å². The highest BCUT2D eigenvalue weighted by Crippen LogP contribution is 2.18. The number of hydrogen-bond donors (Lipinski definition) is 2. The third-order valence-corrected chi connectivity index (χ3v) is 3.67. The third-order valence-electron chi connectivity index (χ3n) is 3.67. The molecule has 0 saturated heterocycles. The fraction of sp³-hybridized carbons (Fsp3) is 0.263. The van der Waals surface area contributed by atoms with Gasteiger partial charge in [0.25, 0.3) is 0 Å². The molecule has 5 nitrogen and oxygen atoms in total. The van der Waals surface area contributed by atoms with Gasteiger partial charge >= 0.3 is 5.97 Å². The fourth-order valence-corrected chi connectivity index (χ4v) is 2.40. The van der Waals surface area contributed by atoms with Gasteiger partial charge in [-0.3, -0.25) is 4.79 Å². The lowest BCUT2D eigenvalue weighted by atomic mass is 10.0. The molecule has 0 aromatic heterocycles. The Labute approximate surface area is 145 Å². The minimum atomic E-state index is -1.23. The van der Waals surface area contributed by atoms with Gasteiger partial charge in [0.15, 0.2) is 6.04 Å². The van der Waals surface area contributed by atoms with E-state index >= 15 is 0 Å². The van der Waals surface area contributed by atoms with Crippen LogP contribution in [0.25, 0.3) is 0 Å². The highest BCUT2D eigenvalue weighted by atomic mass is 19.1. The van der Waals surface area contributed by atoms with Crippen LogP contribution in [0.2, 0.25) is 0 Å². The number of carbonyl (C=O) groups excluding carboxylic acids is 1. The summed E-state index contributed by atoms with van der Waals surface area (Å²) < 4.78 is 18.7. The van der Waals surface area contributed by atoms with Gasteiger partial charge in [0.2, 0.25) is 5.91 Å². The molecular formula is C19H20FNO4. The van der Waals surface area contributed by atoms with E-state index in [9.17, 15) is 19.1 Å². The van der Waals surface area contributed by atoms with Crippen molar-refractivity contribution in [3.8, 4) is 5.75 Å². The zero-order chi connectivity index (χ0) is 18.4. The first-order valence-electron chi connectivity index (χ1n) is 7.90. The number of hydrogen-bond acceptors (Lipinski definition) is 3. The normalized spacial score (nSPS) is 11.6. The molecule has 0 saturated carbocycles. The first-order valence-corrected chi connectivity index (χ1v) is 7.90. The zero-order valence-electron chi connectivity index (χ0n) is 14.1. The SMILES string of the molecule is CCOc1ccc(CC(=O)NC(C(=O)O)c2ccc(F)c(C)c2)cc1. The molecule has 2 aromatic carbocycles. The standard InChI is InChI=1S/C19H20FNO4/c1-3-25-15-7-4-13(5-8-15)11-17(22)21-18(19(23)24)14-6-9-16(20)12(2)10-14/h4-10,18H,3,11H2,1-2H3,(H,21,22)(H,23,24). The second-order valence-electron chi connectivity index (χ2n) is 5.60. The Morgan fingerprint density at radius 3 is 2.44 bits per heavy atom. The molecule has 1 unspecified atom stereocenters. The van der Waals surface area contributed by atoms with Gasteiger partial charge in [-0.2, -0.15) is 0 Å². The largest absolute Gasteiger partial charge is 0.494 e. The number of benzene rings is 2. The van der Waals surface area contributed by atoms with Crippen molar-refractivity contribution in [1.29, 1.82) is 0 Å². The Morgan fingerprint density at radius 1 is 1.20 bits per heavy atom. The Balaban J connectivity index is 2.07. The van der Waals surface area contributed by atoms with Crippen LogP contribution in [0.4, 0.5) is 4.39 Å². The molecule has 1 amide bonds. The van der Waals surface area contributed by atoms with Crippen LogP contribution >= 0.6 is 0 Å². The van der Waals surface area contributed by atoms with Crippen LogP contribution in [0.5, 0.6) is 5.75 Å². The average molecular weight is 345 g/mol. The molecule has 0 aliphatic heterocycles. The highest BCUT2D eigenvalue weighted by Gasteiger charge is 2.22. The summed E-state index contributed by atoms with van der Waals surface area (Å²) in [5.41, 5.74) is 1.39. The molecule has 0 heterocycles. The lowest BCUT2D eigenvalue weighted by Gasteiger charge is -2.16. The predicted octanol–water partition coefficient (Wildman–Crippen LogP) is 3.02. The third kappa shape index (κ3) is 5.04. The Kier molecular flexibility index (Phi) is 6.11. The second kappa shape index (κ2) is 8.28. The number of halogens is 1. The summed E-state index contributed by atoms with van der Waals surface area (Å²) in [5.74, 6) is -1.35. The molecule has 25 heavy (non-hydrogen) atoms. The summed E-state index contributed by atoms with van der Waals surface area (Å²) >= 11 is 0. The van der Waals surface area contributed by atoms with Gasteiger partial charge < -0.3 is 15.2 Å². The van der Waals surface area contributed by atoms with E-state index in [1.807, 2.05) is 6.92 Å². The monoisotopic (exact) mass is 345 g/mol. The van der Waals surface area contributed by atoms with Crippen molar-refractivity contribution in [2.24, 2.45) is 0 Å². The summed E-state index contributed by atoms with van der Waals surface area (Å²) in [6, 6.07) is 9.76. The molecule has 0 fully saturated rings. The van der Waals surface area contributed by atoms with E-state index in [1.54, 1.807) is 31.2 Å². The predicted molar refractivity (Wildman–Crippen MR) is 91.0 cm³/mol. The molecule has 0 aliphatic carbocycles. The minimum Gasteiger partial charge on any atom is -0.494 e. The van der Waals surface area contributed by atoms with E-state index < -0.39 is 23.7 Å². The number of carboxylic acids is 1. The molecule has 0 spiro atoms. The van der Waals surface area contributed by atoms with E-state index in [-0.39, 0.29) is 6.42 Å². The van der Waals surface area contributed by atoms with Gasteiger partial charge in [-0.15, -0.1) is 0 Å². The molecule has 2 N–H and O–H groups in total. The molecule has 2 rings (SSSR count). The number of nitrogens with one attached hydrogen (secondary N) is 1. The summed E-state index contributed by atoms with van der Waals surface area (Å²) in [5, 5.41) is 11.8. The maximum atomic E-state index is 13.4. The van der Waals surface area contributed by atoms with Crippen molar-refractivity contribution >= 4 is 11.9 Å². The summed E-state index contributed by atoms with van der Waals surface area (Å²) in [7, 11) is 0. The van der Waals surface area contributed by atoms with E-state index in [0.29, 0.717) is 23.5 Å². The van der Waals surface area contributed by atoms with Crippen LogP contribution in [0.3, 0.4) is 0 Å². The minimum absolute atomic E-state index is 0.0381. The Hall–Kier alpha value is -2.89. The first-order chi connectivity index (χ1) is 11.9. The number of carboxylic acid groups (broad SMARTS) is 1. The molecular weight excluding hydrogens is 325 g/mol. The number of aliphatic carboxylic acids is 1. The lowest BCUT2D eigenvalue weighted by Crippen LogP contribution is -2.34. The smallest absolute Gasteiger partial charge is 0.330 e. The van der Waals surface area contributed by atoms with Crippen LogP contribution < -0.4 is 10.1 Å². The van der Waals surface area contributed by atoms with Gasteiger partial charge in [0.05, 0.1) is 13.0 Å². The van der Waals surface area contributed by atoms with Crippen molar-refractivity contribution in [1.82, 2.24) is 5.32 Å². The zero-order valence-corrected chi connectivity index (χ0v) is 14.1. The second-order valence-corrected chi connectivity index (χ2v) is 5.60. The molecule has 0 bridgehead atoms. The Bertz CT molecular complexity index is 759. The summed E-state index contributed by atoms with van der Waals surface area (Å²) in [6.45, 7) is 3.97. The molecule has 0 aliphatic rings. The van der Waals surface area contributed by atoms with Crippen LogP contribution in [0, 0.1) is 12.7 Å². The average Bonchev–Trinajstić information content (AvgIpc) is 2.57. The summed E-state index contributed by atoms with van der Waals surface area (Å²) in [4.78, 5) is 23.7. The number of carbonyl (C=O) groups is 2. The number of aryl methyl sites for hydroxylation is 1. The van der Waals surface area contributed by atoms with Gasteiger partial charge in [-0.05, 0) is 48.7 Å². The van der Waals surface area contributed by atoms with Gasteiger partial charge in [-0.1, -0.05) is 24.3 Å². The van der Waals surface area contributed by atoms with E-state index in [4.69, 9.17) is 4.74 Å². The van der Waals surface area contributed by atoms with Crippen LogP contribution in [0.15, 0.2) is 42.5 Å². The molecule has 6 heteroatoms. The lowest BCUT2D eigenvalue weighted by molar-refractivity contribution is -0.142. The maximum Gasteiger partial charge on any atom is 0.330 e. The topological polar surface area (TPSA) is 75.6 Å². The number of ether oxygens (including phenoxy) is 1. The highest BCUT2D eigenvalue weighted by molar-refractivity contribution is 5.85. The van der Waals surface area contributed by atoms with Crippen LogP contribution in [0.1, 0.15) is 29.7 Å². The van der Waals surface area contributed by atoms with Gasteiger partial charge in [-0.25, -0.2) is 9.18 Å². The number of rotatable bonds is 7. The summed E-state index contributed by atoms with van der Waals surface area (Å²) in [6.07, 6.45) is 0.0381. The Morgan fingerprint density at radius 2 is 1.88 bits per heavy atom. The van der Waals surface area contributed by atoms with Crippen molar-refractivity contribution < 1.29 is 23.8 Å². The maximum absolute atomic E-state index is 13.4. The van der Waals surface area contributed by atoms with E-state index in [1.165, 1.54) is 18.2 Å². The molecule has 132 valence electrons. The van der Waals surface area contributed by atoms with E-state index in [2.05, 4.69) is 5.32 Å². The first kappa shape index (κ1) is 18.4. The molecule has 0 radical (unpaired) electrons. The van der Waals surface area contributed by atoms with E-state index in [0.717, 1.165) is 5.56 Å². The van der Waals surface area contributed by atoms with Crippen molar-refractivity contribution in [3.05, 3.63) is 65.0 Å². The number of amides is 1. The van der Waals surface area contributed by atoms with Crippen LogP contribution in [-0.4, -0.2) is 23.6 Å². The molecule has 2 aromatic rings. The van der Waals surface area contributed by atoms with Gasteiger partial charge in [0, 0.05) is 0 Å². The van der Waals surface area contributed by atoms with Gasteiger partial charge in [0.1, 0.15) is 11.6 Å².